The number of hydrogen-bond acceptors (Lipinski definition) is 8. The SMILES string of the molecule is C=C(/C=C\N(N)CC(=O)O)Nc1ccnc2[nH]c(=O)c3ccc(C(=O)NCCN(C)C)cc3c12. The third-order valence-corrected chi connectivity index (χ3v) is 4.90. The highest BCUT2D eigenvalue weighted by molar-refractivity contribution is 6.12. The fourth-order valence-corrected chi connectivity index (χ4v) is 3.30. The number of H-pyrrole nitrogens is 1. The highest BCUT2D eigenvalue weighted by Gasteiger charge is 2.14. The van der Waals surface area contributed by atoms with Gasteiger partial charge >= 0.3 is 5.97 Å². The minimum Gasteiger partial charge on any atom is -0.480 e. The second-order valence-electron chi connectivity index (χ2n) is 7.89. The number of carbonyl (C=O) groups excluding carboxylic acids is 1. The molecule has 6 N–H and O–H groups in total. The molecule has 0 aliphatic heterocycles. The van der Waals surface area contributed by atoms with Gasteiger partial charge in [-0.1, -0.05) is 6.58 Å². The molecule has 2 aromatic heterocycles. The second-order valence-corrected chi connectivity index (χ2v) is 7.89. The van der Waals surface area contributed by atoms with Gasteiger partial charge in [0.2, 0.25) is 0 Å². The first kappa shape index (κ1) is 24.4. The van der Waals surface area contributed by atoms with E-state index in [9.17, 15) is 14.4 Å². The van der Waals surface area contributed by atoms with Gasteiger partial charge in [-0.2, -0.15) is 0 Å². The van der Waals surface area contributed by atoms with E-state index in [1.807, 2.05) is 19.0 Å². The lowest BCUT2D eigenvalue weighted by molar-refractivity contribution is -0.137. The molecule has 0 atom stereocenters. The number of nitrogens with one attached hydrogen (secondary N) is 3. The van der Waals surface area contributed by atoms with Crippen molar-refractivity contribution in [1.29, 1.82) is 0 Å². The topological polar surface area (TPSA) is 157 Å². The summed E-state index contributed by atoms with van der Waals surface area (Å²) in [4.78, 5) is 45.0. The molecule has 3 aromatic rings. The molecule has 34 heavy (non-hydrogen) atoms. The van der Waals surface area contributed by atoms with Crippen molar-refractivity contribution in [1.82, 2.24) is 25.2 Å². The average molecular weight is 466 g/mol. The van der Waals surface area contributed by atoms with Crippen LogP contribution in [0.3, 0.4) is 0 Å². The minimum atomic E-state index is -1.07. The predicted octanol–water partition coefficient (Wildman–Crippen LogP) is 1.07. The Kier molecular flexibility index (Phi) is 7.61. The lowest BCUT2D eigenvalue weighted by Crippen LogP contribution is -2.31. The van der Waals surface area contributed by atoms with E-state index >= 15 is 0 Å². The molecular weight excluding hydrogens is 438 g/mol. The molecule has 0 aliphatic carbocycles. The van der Waals surface area contributed by atoms with Crippen LogP contribution in [0.5, 0.6) is 0 Å². The number of pyridine rings is 2. The average Bonchev–Trinajstić information content (AvgIpc) is 2.76. The number of benzene rings is 1. The summed E-state index contributed by atoms with van der Waals surface area (Å²) in [6.07, 6.45) is 4.43. The number of aromatic amines is 1. The van der Waals surface area contributed by atoms with E-state index in [2.05, 4.69) is 27.2 Å². The molecular formula is C23H27N7O4. The Morgan fingerprint density at radius 1 is 1.26 bits per heavy atom. The molecule has 0 radical (unpaired) electrons. The lowest BCUT2D eigenvalue weighted by Gasteiger charge is -2.14. The first-order valence-corrected chi connectivity index (χ1v) is 10.4. The summed E-state index contributed by atoms with van der Waals surface area (Å²) in [5.41, 5.74) is 1.45. The number of anilines is 1. The van der Waals surface area contributed by atoms with Gasteiger partial charge in [-0.15, -0.1) is 0 Å². The number of carboxylic acids is 1. The van der Waals surface area contributed by atoms with Crippen LogP contribution in [0.1, 0.15) is 10.4 Å². The molecule has 1 amide bonds. The number of aromatic nitrogens is 2. The van der Waals surface area contributed by atoms with Crippen molar-refractivity contribution in [3.8, 4) is 0 Å². The smallest absolute Gasteiger partial charge is 0.324 e. The predicted molar refractivity (Wildman–Crippen MR) is 131 cm³/mol. The van der Waals surface area contributed by atoms with Crippen LogP contribution in [0.15, 0.2) is 59.8 Å². The van der Waals surface area contributed by atoms with Crippen LogP contribution in [-0.4, -0.2) is 70.6 Å². The zero-order valence-corrected chi connectivity index (χ0v) is 19.0. The van der Waals surface area contributed by atoms with E-state index < -0.39 is 5.97 Å². The van der Waals surface area contributed by atoms with E-state index in [0.29, 0.717) is 51.8 Å². The number of allylic oxidation sites excluding steroid dienone is 1. The molecule has 178 valence electrons. The molecule has 0 saturated carbocycles. The Morgan fingerprint density at radius 3 is 2.74 bits per heavy atom. The summed E-state index contributed by atoms with van der Waals surface area (Å²) in [5.74, 6) is 4.29. The van der Waals surface area contributed by atoms with Gasteiger partial charge in [0.05, 0.1) is 5.69 Å². The monoisotopic (exact) mass is 465 g/mol. The third-order valence-electron chi connectivity index (χ3n) is 4.90. The van der Waals surface area contributed by atoms with E-state index in [0.717, 1.165) is 5.01 Å². The fourth-order valence-electron chi connectivity index (χ4n) is 3.30. The number of nitrogens with zero attached hydrogens (tertiary/aromatic N) is 3. The van der Waals surface area contributed by atoms with Crippen molar-refractivity contribution in [2.24, 2.45) is 5.84 Å². The Balaban J connectivity index is 1.98. The van der Waals surface area contributed by atoms with Gasteiger partial charge in [-0.05, 0) is 44.4 Å². The van der Waals surface area contributed by atoms with Crippen molar-refractivity contribution in [2.45, 2.75) is 0 Å². The number of hydrogen-bond donors (Lipinski definition) is 5. The van der Waals surface area contributed by atoms with Gasteiger partial charge in [-0.3, -0.25) is 14.4 Å². The van der Waals surface area contributed by atoms with Crippen LogP contribution in [0.25, 0.3) is 21.8 Å². The number of rotatable bonds is 10. The third kappa shape index (κ3) is 5.97. The van der Waals surface area contributed by atoms with E-state index in [1.54, 1.807) is 24.3 Å². The molecule has 0 aliphatic rings. The van der Waals surface area contributed by atoms with Gasteiger partial charge in [0, 0.05) is 52.9 Å². The summed E-state index contributed by atoms with van der Waals surface area (Å²) in [6.45, 7) is 4.73. The number of hydrazine groups is 1. The summed E-state index contributed by atoms with van der Waals surface area (Å²) >= 11 is 0. The largest absolute Gasteiger partial charge is 0.480 e. The maximum atomic E-state index is 12.7. The number of nitrogens with two attached hydrogens (primary N) is 1. The molecule has 11 nitrogen and oxygen atoms in total. The second kappa shape index (κ2) is 10.6. The van der Waals surface area contributed by atoms with Crippen molar-refractivity contribution < 1.29 is 14.7 Å². The van der Waals surface area contributed by atoms with Gasteiger partial charge in [0.1, 0.15) is 12.2 Å². The highest BCUT2D eigenvalue weighted by atomic mass is 16.4. The van der Waals surface area contributed by atoms with Crippen molar-refractivity contribution in [3.63, 3.8) is 0 Å². The maximum Gasteiger partial charge on any atom is 0.324 e. The summed E-state index contributed by atoms with van der Waals surface area (Å²) < 4.78 is 0. The molecule has 0 spiro atoms. The van der Waals surface area contributed by atoms with Gasteiger partial charge in [0.25, 0.3) is 11.5 Å². The van der Waals surface area contributed by atoms with Crippen molar-refractivity contribution in [3.05, 3.63) is 70.9 Å². The number of carboxylic acid groups (broad SMARTS) is 1. The zero-order chi connectivity index (χ0) is 24.8. The minimum absolute atomic E-state index is 0.246. The van der Waals surface area contributed by atoms with Crippen LogP contribution in [0.4, 0.5) is 5.69 Å². The molecule has 0 bridgehead atoms. The summed E-state index contributed by atoms with van der Waals surface area (Å²) in [7, 11) is 3.84. The lowest BCUT2D eigenvalue weighted by atomic mass is 10.0. The van der Waals surface area contributed by atoms with E-state index in [-0.39, 0.29) is 18.0 Å². The van der Waals surface area contributed by atoms with E-state index in [4.69, 9.17) is 10.9 Å². The molecule has 0 fully saturated rings. The Bertz CT molecular complexity index is 1330. The maximum absolute atomic E-state index is 12.7. The number of aliphatic carboxylic acids is 1. The molecule has 2 heterocycles. The van der Waals surface area contributed by atoms with E-state index in [1.165, 1.54) is 18.5 Å². The Labute approximate surface area is 195 Å². The molecule has 3 rings (SSSR count). The quantitative estimate of drug-likeness (QED) is 0.128. The Hall–Kier alpha value is -4.22. The van der Waals surface area contributed by atoms with Crippen LogP contribution in [-0.2, 0) is 4.79 Å². The fraction of sp³-hybridized carbons (Fsp3) is 0.217. The molecule has 0 unspecified atom stereocenters. The van der Waals surface area contributed by atoms with Crippen LogP contribution in [0.2, 0.25) is 0 Å². The standard InChI is InChI=1S/C23H27N7O4/c1-14(7-10-30(24)13-19(31)32)27-18-6-8-25-21-20(18)17-12-15(4-5-16(17)23(34)28-21)22(33)26-9-11-29(2)3/h4-8,10,12H,1,9,11,13,24H2,2-3H3,(H,26,33)(H,31,32)(H2,25,27,28,34)/b10-7-. The van der Waals surface area contributed by atoms with Gasteiger partial charge < -0.3 is 30.6 Å². The summed E-state index contributed by atoms with van der Waals surface area (Å²) in [5, 5.41) is 17.4. The molecule has 1 aromatic carbocycles. The zero-order valence-electron chi connectivity index (χ0n) is 19.0. The van der Waals surface area contributed by atoms with Crippen molar-refractivity contribution in [2.75, 3.05) is 39.0 Å². The Morgan fingerprint density at radius 2 is 2.03 bits per heavy atom. The number of carbonyl (C=O) groups is 2. The van der Waals surface area contributed by atoms with Gasteiger partial charge in [0.15, 0.2) is 0 Å². The molecule has 0 saturated heterocycles. The number of likely N-dealkylation sites (N-methyl/N-ethyl adjacent to an activating group) is 1. The van der Waals surface area contributed by atoms with Gasteiger partial charge in [-0.25, -0.2) is 10.8 Å². The normalized spacial score (nSPS) is 11.3. The number of amides is 1. The number of fused-ring (bicyclic) bond motifs is 3. The first-order chi connectivity index (χ1) is 16.2. The van der Waals surface area contributed by atoms with Crippen LogP contribution >= 0.6 is 0 Å². The molecule has 11 heteroatoms. The van der Waals surface area contributed by atoms with Crippen molar-refractivity contribution >= 4 is 39.4 Å². The highest BCUT2D eigenvalue weighted by Crippen LogP contribution is 2.29. The van der Waals surface area contributed by atoms with Crippen LogP contribution < -0.4 is 22.0 Å². The first-order valence-electron chi connectivity index (χ1n) is 10.4. The van der Waals surface area contributed by atoms with Crippen LogP contribution in [0, 0.1) is 0 Å². The summed E-state index contributed by atoms with van der Waals surface area (Å²) in [6, 6.07) is 6.59.